The lowest BCUT2D eigenvalue weighted by molar-refractivity contribution is 0.111. The van der Waals surface area contributed by atoms with Gasteiger partial charge >= 0.3 is 0 Å². The van der Waals surface area contributed by atoms with Crippen LogP contribution in [0.25, 0.3) is 0 Å². The van der Waals surface area contributed by atoms with Crippen molar-refractivity contribution in [3.8, 4) is 0 Å². The molecule has 1 saturated heterocycles. The van der Waals surface area contributed by atoms with Gasteiger partial charge in [0.05, 0.1) is 0 Å². The molecule has 1 aliphatic rings. The van der Waals surface area contributed by atoms with Crippen molar-refractivity contribution in [2.24, 2.45) is 5.41 Å². The minimum atomic E-state index is 0.459. The van der Waals surface area contributed by atoms with Gasteiger partial charge < -0.3 is 0 Å². The van der Waals surface area contributed by atoms with Gasteiger partial charge in [0.2, 0.25) is 0 Å². The molecule has 1 aliphatic heterocycles. The molecule has 0 bridgehead atoms. The second-order valence-electron chi connectivity index (χ2n) is 5.36. The predicted molar refractivity (Wildman–Crippen MR) is 54.3 cm³/mol. The zero-order chi connectivity index (χ0) is 9.35. The molecule has 1 nitrogen and oxygen atoms in total. The summed E-state index contributed by atoms with van der Waals surface area (Å²) in [6.45, 7) is 13.0. The van der Waals surface area contributed by atoms with Crippen LogP contribution in [0.1, 0.15) is 47.5 Å². The van der Waals surface area contributed by atoms with Gasteiger partial charge in [0, 0.05) is 12.1 Å². The van der Waals surface area contributed by atoms with Crippen molar-refractivity contribution in [3.63, 3.8) is 0 Å². The van der Waals surface area contributed by atoms with Crippen molar-refractivity contribution in [1.29, 1.82) is 0 Å². The van der Waals surface area contributed by atoms with Crippen LogP contribution in [0.2, 0.25) is 0 Å². The Bertz CT molecular complexity index is 144. The maximum absolute atomic E-state index is 2.65. The van der Waals surface area contributed by atoms with Crippen LogP contribution in [0.5, 0.6) is 0 Å². The van der Waals surface area contributed by atoms with Crippen LogP contribution in [0.15, 0.2) is 0 Å². The molecule has 0 aromatic carbocycles. The molecule has 1 heterocycles. The minimum Gasteiger partial charge on any atom is -0.297 e. The Kier molecular flexibility index (Phi) is 2.82. The summed E-state index contributed by atoms with van der Waals surface area (Å²) in [5, 5.41) is 0. The minimum absolute atomic E-state index is 0.459. The molecule has 0 amide bonds. The van der Waals surface area contributed by atoms with Crippen LogP contribution >= 0.6 is 0 Å². The van der Waals surface area contributed by atoms with Gasteiger partial charge in [0.25, 0.3) is 0 Å². The average Bonchev–Trinajstić information content (AvgIpc) is 2.30. The van der Waals surface area contributed by atoms with Crippen LogP contribution in [-0.2, 0) is 0 Å². The third kappa shape index (κ3) is 2.01. The second-order valence-corrected chi connectivity index (χ2v) is 5.36. The van der Waals surface area contributed by atoms with Crippen molar-refractivity contribution in [2.45, 2.75) is 59.5 Å². The van der Waals surface area contributed by atoms with E-state index in [1.54, 1.807) is 0 Å². The Labute approximate surface area is 77.1 Å². The zero-order valence-electron chi connectivity index (χ0n) is 9.22. The number of nitrogens with zero attached hydrogens (tertiary/aromatic N) is 1. The topological polar surface area (TPSA) is 3.24 Å². The van der Waals surface area contributed by atoms with Crippen LogP contribution in [0, 0.1) is 5.41 Å². The van der Waals surface area contributed by atoms with Crippen LogP contribution < -0.4 is 0 Å². The first-order valence-electron chi connectivity index (χ1n) is 5.18. The van der Waals surface area contributed by atoms with Crippen LogP contribution in [-0.4, -0.2) is 23.5 Å². The molecule has 1 fully saturated rings. The molecule has 72 valence electrons. The highest BCUT2D eigenvalue weighted by Gasteiger charge is 2.34. The van der Waals surface area contributed by atoms with E-state index in [2.05, 4.69) is 39.5 Å². The molecule has 0 spiro atoms. The molecule has 1 rings (SSSR count). The summed E-state index contributed by atoms with van der Waals surface area (Å²) in [4.78, 5) is 2.65. The van der Waals surface area contributed by atoms with Crippen LogP contribution in [0.3, 0.4) is 0 Å². The molecular formula is C11H23N. The standard InChI is InChI=1S/C11H23N/c1-9(2)12-8-6-7-10(12)11(3,4)5/h9-10H,6-8H2,1-5H3/t10-/m1/s1. The van der Waals surface area contributed by atoms with Gasteiger partial charge in [-0.3, -0.25) is 4.90 Å². The number of hydrogen-bond donors (Lipinski definition) is 0. The molecule has 0 saturated carbocycles. The first kappa shape index (κ1) is 10.0. The van der Waals surface area contributed by atoms with Gasteiger partial charge in [0.15, 0.2) is 0 Å². The molecule has 0 aromatic rings. The lowest BCUT2D eigenvalue weighted by atomic mass is 9.85. The van der Waals surface area contributed by atoms with Gasteiger partial charge in [-0.2, -0.15) is 0 Å². The van der Waals surface area contributed by atoms with E-state index in [4.69, 9.17) is 0 Å². The number of hydrogen-bond acceptors (Lipinski definition) is 1. The number of likely N-dealkylation sites (tertiary alicyclic amines) is 1. The average molecular weight is 169 g/mol. The third-order valence-corrected chi connectivity index (χ3v) is 2.96. The Hall–Kier alpha value is -0.0400. The quantitative estimate of drug-likeness (QED) is 0.583. The van der Waals surface area contributed by atoms with Crippen molar-refractivity contribution < 1.29 is 0 Å². The Morgan fingerprint density at radius 1 is 1.25 bits per heavy atom. The predicted octanol–water partition coefficient (Wildman–Crippen LogP) is 2.91. The summed E-state index contributed by atoms with van der Waals surface area (Å²) in [5.74, 6) is 0. The summed E-state index contributed by atoms with van der Waals surface area (Å²) >= 11 is 0. The van der Waals surface area contributed by atoms with Gasteiger partial charge in [-0.05, 0) is 38.6 Å². The maximum atomic E-state index is 2.65. The van der Waals surface area contributed by atoms with E-state index in [9.17, 15) is 0 Å². The van der Waals surface area contributed by atoms with Gasteiger partial charge in [-0.1, -0.05) is 20.8 Å². The lowest BCUT2D eigenvalue weighted by Gasteiger charge is -2.37. The fourth-order valence-electron chi connectivity index (χ4n) is 2.34. The van der Waals surface area contributed by atoms with E-state index in [1.807, 2.05) is 0 Å². The summed E-state index contributed by atoms with van der Waals surface area (Å²) in [6, 6.07) is 1.52. The summed E-state index contributed by atoms with van der Waals surface area (Å²) in [6.07, 6.45) is 2.78. The number of rotatable bonds is 1. The van der Waals surface area contributed by atoms with Crippen molar-refractivity contribution in [1.82, 2.24) is 4.90 Å². The van der Waals surface area contributed by atoms with Gasteiger partial charge in [0.1, 0.15) is 0 Å². The fourth-order valence-corrected chi connectivity index (χ4v) is 2.34. The third-order valence-electron chi connectivity index (χ3n) is 2.96. The highest BCUT2D eigenvalue weighted by Crippen LogP contribution is 2.33. The summed E-state index contributed by atoms with van der Waals surface area (Å²) in [5.41, 5.74) is 0.459. The molecule has 0 unspecified atom stereocenters. The van der Waals surface area contributed by atoms with E-state index >= 15 is 0 Å². The molecule has 0 N–H and O–H groups in total. The highest BCUT2D eigenvalue weighted by atomic mass is 15.2. The first-order valence-corrected chi connectivity index (χ1v) is 5.18. The Morgan fingerprint density at radius 3 is 2.17 bits per heavy atom. The van der Waals surface area contributed by atoms with E-state index in [0.717, 1.165) is 12.1 Å². The van der Waals surface area contributed by atoms with Gasteiger partial charge in [-0.25, -0.2) is 0 Å². The Morgan fingerprint density at radius 2 is 1.83 bits per heavy atom. The van der Waals surface area contributed by atoms with E-state index in [-0.39, 0.29) is 0 Å². The molecule has 12 heavy (non-hydrogen) atoms. The van der Waals surface area contributed by atoms with Crippen molar-refractivity contribution >= 4 is 0 Å². The van der Waals surface area contributed by atoms with Crippen molar-refractivity contribution in [2.75, 3.05) is 6.54 Å². The molecular weight excluding hydrogens is 146 g/mol. The monoisotopic (exact) mass is 169 g/mol. The molecule has 0 aliphatic carbocycles. The molecule has 0 radical (unpaired) electrons. The summed E-state index contributed by atoms with van der Waals surface area (Å²) in [7, 11) is 0. The molecule has 0 aromatic heterocycles. The maximum Gasteiger partial charge on any atom is 0.0147 e. The molecule has 1 atom stereocenters. The fraction of sp³-hybridized carbons (Fsp3) is 1.00. The van der Waals surface area contributed by atoms with E-state index < -0.39 is 0 Å². The van der Waals surface area contributed by atoms with E-state index in [1.165, 1.54) is 19.4 Å². The summed E-state index contributed by atoms with van der Waals surface area (Å²) < 4.78 is 0. The van der Waals surface area contributed by atoms with Crippen LogP contribution in [0.4, 0.5) is 0 Å². The Balaban J connectivity index is 2.64. The van der Waals surface area contributed by atoms with Gasteiger partial charge in [-0.15, -0.1) is 0 Å². The lowest BCUT2D eigenvalue weighted by Crippen LogP contribution is -2.43. The highest BCUT2D eigenvalue weighted by molar-refractivity contribution is 4.89. The zero-order valence-corrected chi connectivity index (χ0v) is 9.22. The molecule has 1 heteroatoms. The first-order chi connectivity index (χ1) is 5.43. The smallest absolute Gasteiger partial charge is 0.0147 e. The SMILES string of the molecule is CC(C)N1CCC[C@@H]1C(C)(C)C. The second kappa shape index (κ2) is 3.37. The normalized spacial score (nSPS) is 27.0. The van der Waals surface area contributed by atoms with Crippen molar-refractivity contribution in [3.05, 3.63) is 0 Å². The van der Waals surface area contributed by atoms with E-state index in [0.29, 0.717) is 5.41 Å². The largest absolute Gasteiger partial charge is 0.297 e.